The van der Waals surface area contributed by atoms with Crippen LogP contribution in [-0.2, 0) is 23.8 Å². The maximum absolute atomic E-state index is 12.9. The fourth-order valence-electron chi connectivity index (χ4n) is 3.78. The highest BCUT2D eigenvalue weighted by Gasteiger charge is 2.45. The average molecular weight is 415 g/mol. The first-order valence-electron chi connectivity index (χ1n) is 10.2. The Kier molecular flexibility index (Phi) is 6.15. The highest BCUT2D eigenvalue weighted by molar-refractivity contribution is 6.03. The first-order valence-corrected chi connectivity index (χ1v) is 10.2. The minimum Gasteiger partial charge on any atom is -0.458 e. The number of fused-ring (bicyclic) bond motifs is 2. The molecular weight excluding hydrogens is 386 g/mol. The molecule has 1 saturated heterocycles. The number of anilines is 1. The van der Waals surface area contributed by atoms with Gasteiger partial charge in [-0.1, -0.05) is 19.1 Å². The molecule has 2 aliphatic heterocycles. The second kappa shape index (κ2) is 8.32. The Labute approximate surface area is 176 Å². The van der Waals surface area contributed by atoms with E-state index < -0.39 is 30.1 Å². The molecule has 0 aromatic heterocycles. The summed E-state index contributed by atoms with van der Waals surface area (Å²) in [6.45, 7) is 10.8. The van der Waals surface area contributed by atoms with Crippen LogP contribution < -0.4 is 5.32 Å². The summed E-state index contributed by atoms with van der Waals surface area (Å²) in [4.78, 5) is 38.4. The van der Waals surface area contributed by atoms with Gasteiger partial charge in [-0.2, -0.15) is 0 Å². The van der Waals surface area contributed by atoms with Gasteiger partial charge >= 0.3 is 5.97 Å². The SMILES string of the molecule is Cc1cc(C)c2c(c1)NC(=O)C[C@@H]1OC(C)(C)O[C@@H]1C(=O)/C=C\[C@@H](C)[C@H](C)OC2=O. The van der Waals surface area contributed by atoms with Gasteiger partial charge in [0.25, 0.3) is 0 Å². The number of benzene rings is 1. The number of rotatable bonds is 0. The molecule has 1 fully saturated rings. The number of hydrogen-bond donors (Lipinski definition) is 1. The van der Waals surface area contributed by atoms with Crippen molar-refractivity contribution in [2.24, 2.45) is 5.92 Å². The third-order valence-electron chi connectivity index (χ3n) is 5.41. The van der Waals surface area contributed by atoms with Crippen LogP contribution in [0.15, 0.2) is 24.3 Å². The van der Waals surface area contributed by atoms with E-state index in [-0.39, 0.29) is 24.0 Å². The molecule has 3 rings (SSSR count). The summed E-state index contributed by atoms with van der Waals surface area (Å²) in [5, 5.41) is 2.80. The lowest BCUT2D eigenvalue weighted by Crippen LogP contribution is -2.34. The summed E-state index contributed by atoms with van der Waals surface area (Å²) in [5.74, 6) is -2.35. The van der Waals surface area contributed by atoms with Crippen LogP contribution in [0.3, 0.4) is 0 Å². The van der Waals surface area contributed by atoms with Crippen LogP contribution in [0.5, 0.6) is 0 Å². The Morgan fingerprint density at radius 2 is 1.77 bits per heavy atom. The van der Waals surface area contributed by atoms with Gasteiger partial charge in [-0.05, 0) is 57.9 Å². The van der Waals surface area contributed by atoms with Gasteiger partial charge in [-0.15, -0.1) is 0 Å². The lowest BCUT2D eigenvalue weighted by Gasteiger charge is -2.21. The number of carbonyl (C=O) groups is 3. The van der Waals surface area contributed by atoms with Crippen molar-refractivity contribution >= 4 is 23.3 Å². The van der Waals surface area contributed by atoms with E-state index in [9.17, 15) is 14.4 Å². The van der Waals surface area contributed by atoms with Crippen molar-refractivity contribution in [3.63, 3.8) is 0 Å². The van der Waals surface area contributed by atoms with Crippen LogP contribution in [0.4, 0.5) is 5.69 Å². The molecule has 0 unspecified atom stereocenters. The summed E-state index contributed by atoms with van der Waals surface area (Å²) >= 11 is 0. The minimum absolute atomic E-state index is 0.0822. The summed E-state index contributed by atoms with van der Waals surface area (Å²) in [7, 11) is 0. The highest BCUT2D eigenvalue weighted by atomic mass is 16.8. The van der Waals surface area contributed by atoms with E-state index in [2.05, 4.69) is 5.32 Å². The van der Waals surface area contributed by atoms with Crippen LogP contribution in [-0.4, -0.2) is 41.8 Å². The van der Waals surface area contributed by atoms with Crippen molar-refractivity contribution in [3.8, 4) is 0 Å². The molecule has 162 valence electrons. The van der Waals surface area contributed by atoms with Gasteiger partial charge in [-0.3, -0.25) is 9.59 Å². The number of carbonyl (C=O) groups excluding carboxylic acids is 3. The predicted molar refractivity (Wildman–Crippen MR) is 111 cm³/mol. The van der Waals surface area contributed by atoms with Crippen molar-refractivity contribution in [2.45, 2.75) is 72.1 Å². The van der Waals surface area contributed by atoms with E-state index in [1.165, 1.54) is 6.08 Å². The molecule has 2 heterocycles. The zero-order valence-corrected chi connectivity index (χ0v) is 18.3. The summed E-state index contributed by atoms with van der Waals surface area (Å²) < 4.78 is 17.2. The number of nitrogens with one attached hydrogen (secondary N) is 1. The molecule has 1 aromatic rings. The van der Waals surface area contributed by atoms with Gasteiger partial charge in [0.2, 0.25) is 5.91 Å². The van der Waals surface area contributed by atoms with E-state index in [1.807, 2.05) is 26.8 Å². The molecule has 0 radical (unpaired) electrons. The van der Waals surface area contributed by atoms with E-state index in [4.69, 9.17) is 14.2 Å². The molecule has 7 heteroatoms. The van der Waals surface area contributed by atoms with Crippen molar-refractivity contribution in [1.29, 1.82) is 0 Å². The van der Waals surface area contributed by atoms with Crippen LogP contribution in [0.25, 0.3) is 0 Å². The molecule has 7 nitrogen and oxygen atoms in total. The van der Waals surface area contributed by atoms with Crippen LogP contribution in [0, 0.1) is 19.8 Å². The van der Waals surface area contributed by atoms with E-state index in [1.54, 1.807) is 32.9 Å². The topological polar surface area (TPSA) is 90.9 Å². The predicted octanol–water partition coefficient (Wildman–Crippen LogP) is 3.47. The lowest BCUT2D eigenvalue weighted by atomic mass is 9.99. The third-order valence-corrected chi connectivity index (χ3v) is 5.41. The number of amides is 1. The number of hydrogen-bond acceptors (Lipinski definition) is 6. The third kappa shape index (κ3) is 4.79. The van der Waals surface area contributed by atoms with Crippen molar-refractivity contribution in [1.82, 2.24) is 0 Å². The summed E-state index contributed by atoms with van der Waals surface area (Å²) in [5.41, 5.74) is 2.33. The molecule has 0 saturated carbocycles. The van der Waals surface area contributed by atoms with E-state index >= 15 is 0 Å². The molecule has 0 bridgehead atoms. The molecular formula is C23H29NO6. The summed E-state index contributed by atoms with van der Waals surface area (Å²) in [6, 6.07) is 3.61. The zero-order chi connectivity index (χ0) is 22.2. The molecule has 0 aliphatic carbocycles. The van der Waals surface area contributed by atoms with Crippen molar-refractivity contribution in [3.05, 3.63) is 41.0 Å². The Morgan fingerprint density at radius 1 is 1.07 bits per heavy atom. The van der Waals surface area contributed by atoms with Crippen LogP contribution in [0.1, 0.15) is 55.6 Å². The Morgan fingerprint density at radius 3 is 2.47 bits per heavy atom. The molecule has 30 heavy (non-hydrogen) atoms. The number of aryl methyl sites for hydroxylation is 2. The zero-order valence-electron chi connectivity index (χ0n) is 18.3. The quantitative estimate of drug-likeness (QED) is 0.653. The fraction of sp³-hybridized carbons (Fsp3) is 0.522. The van der Waals surface area contributed by atoms with Crippen LogP contribution in [0.2, 0.25) is 0 Å². The number of cyclic esters (lactones) is 1. The standard InChI is InChI=1S/C23H29NO6/c1-12-9-14(3)20-16(10-12)24-19(26)11-18-21(30-23(5,6)29-18)17(25)8-7-13(2)15(4)28-22(20)27/h7-10,13,15,18,21H,11H2,1-6H3,(H,24,26)/b8-7-/t13-,15+,18+,21-/m1/s1. The number of esters is 1. The van der Waals surface area contributed by atoms with Gasteiger partial charge in [-0.25, -0.2) is 4.79 Å². The summed E-state index contributed by atoms with van der Waals surface area (Å²) in [6.07, 6.45) is 0.954. The Bertz CT molecular complexity index is 903. The van der Waals surface area contributed by atoms with Crippen molar-refractivity contribution < 1.29 is 28.6 Å². The normalized spacial score (nSPS) is 30.5. The maximum Gasteiger partial charge on any atom is 0.340 e. The maximum atomic E-state index is 12.9. The van der Waals surface area contributed by atoms with Crippen LogP contribution >= 0.6 is 0 Å². The van der Waals surface area contributed by atoms with Gasteiger partial charge in [0, 0.05) is 5.92 Å². The first kappa shape index (κ1) is 22.2. The average Bonchev–Trinajstić information content (AvgIpc) is 2.91. The van der Waals surface area contributed by atoms with Gasteiger partial charge in [0.15, 0.2) is 11.6 Å². The molecule has 1 amide bonds. The lowest BCUT2D eigenvalue weighted by molar-refractivity contribution is -0.153. The Hall–Kier alpha value is -2.51. The minimum atomic E-state index is -0.976. The van der Waals surface area contributed by atoms with Crippen molar-refractivity contribution in [2.75, 3.05) is 5.32 Å². The highest BCUT2D eigenvalue weighted by Crippen LogP contribution is 2.32. The molecule has 2 aliphatic rings. The van der Waals surface area contributed by atoms with E-state index in [0.717, 1.165) is 5.56 Å². The second-order valence-electron chi connectivity index (χ2n) is 8.58. The molecule has 0 spiro atoms. The molecule has 4 atom stereocenters. The molecule has 1 aromatic carbocycles. The molecule has 1 N–H and O–H groups in total. The Balaban J connectivity index is 2.02. The van der Waals surface area contributed by atoms with Gasteiger partial charge < -0.3 is 19.5 Å². The fourth-order valence-corrected chi connectivity index (χ4v) is 3.78. The van der Waals surface area contributed by atoms with Gasteiger partial charge in [0.1, 0.15) is 18.3 Å². The largest absolute Gasteiger partial charge is 0.458 e. The second-order valence-corrected chi connectivity index (χ2v) is 8.58. The monoisotopic (exact) mass is 415 g/mol. The number of ketones is 1. The first-order chi connectivity index (χ1) is 14.0. The van der Waals surface area contributed by atoms with E-state index in [0.29, 0.717) is 16.8 Å². The smallest absolute Gasteiger partial charge is 0.340 e. The van der Waals surface area contributed by atoms with Gasteiger partial charge in [0.05, 0.1) is 17.7 Å². The number of ether oxygens (including phenoxy) is 3.